The molecule has 7 heteroatoms. The molecular formula is C31H39N5O2. The first kappa shape index (κ1) is 26.4. The van der Waals surface area contributed by atoms with Crippen molar-refractivity contribution in [1.29, 1.82) is 5.26 Å². The van der Waals surface area contributed by atoms with Gasteiger partial charge in [-0.25, -0.2) is 0 Å². The van der Waals surface area contributed by atoms with Gasteiger partial charge in [0.05, 0.1) is 11.6 Å². The van der Waals surface area contributed by atoms with E-state index in [4.69, 9.17) is 11.0 Å². The van der Waals surface area contributed by atoms with Gasteiger partial charge >= 0.3 is 0 Å². The van der Waals surface area contributed by atoms with Gasteiger partial charge in [-0.05, 0) is 88.1 Å². The molecule has 2 aromatic rings. The van der Waals surface area contributed by atoms with Gasteiger partial charge in [-0.1, -0.05) is 29.8 Å². The molecule has 2 atom stereocenters. The Morgan fingerprint density at radius 2 is 1.66 bits per heavy atom. The largest absolute Gasteiger partial charge is 0.352 e. The van der Waals surface area contributed by atoms with Crippen molar-refractivity contribution in [3.63, 3.8) is 0 Å². The molecule has 0 aromatic heterocycles. The maximum Gasteiger partial charge on any atom is 0.254 e. The van der Waals surface area contributed by atoms with Crippen LogP contribution in [0.1, 0.15) is 78.4 Å². The van der Waals surface area contributed by atoms with E-state index in [0.717, 1.165) is 57.1 Å². The van der Waals surface area contributed by atoms with Crippen molar-refractivity contribution < 1.29 is 9.59 Å². The van der Waals surface area contributed by atoms with Gasteiger partial charge in [0.1, 0.15) is 6.04 Å². The summed E-state index contributed by atoms with van der Waals surface area (Å²) in [6.07, 6.45) is 7.42. The Balaban J connectivity index is 1.34. The number of hydrogen-bond acceptors (Lipinski definition) is 5. The zero-order valence-electron chi connectivity index (χ0n) is 22.3. The average Bonchev–Trinajstić information content (AvgIpc) is 3.78. The van der Waals surface area contributed by atoms with E-state index >= 15 is 0 Å². The molecule has 1 unspecified atom stereocenters. The van der Waals surface area contributed by atoms with Gasteiger partial charge in [0.25, 0.3) is 5.91 Å². The SMILES string of the molecule is Cc1ccc(C(=O)N2CCC(N(Cc3ccc(C#N)cc3)C3CC3)C[C@@H]2C(=O)NC2CCC(N)CC2)cc1. The van der Waals surface area contributed by atoms with E-state index in [-0.39, 0.29) is 29.9 Å². The number of nitrogens with two attached hydrogens (primary N) is 1. The fraction of sp³-hybridized carbons (Fsp3) is 0.516. The molecule has 1 heterocycles. The second-order valence-corrected chi connectivity index (χ2v) is 11.4. The molecule has 0 radical (unpaired) electrons. The number of carbonyl (C=O) groups excluding carboxylic acids is 2. The van der Waals surface area contributed by atoms with Crippen molar-refractivity contribution in [1.82, 2.24) is 15.1 Å². The fourth-order valence-electron chi connectivity index (χ4n) is 6.02. The molecule has 3 aliphatic rings. The number of benzene rings is 2. The molecule has 2 saturated carbocycles. The van der Waals surface area contributed by atoms with E-state index in [0.29, 0.717) is 30.1 Å². The normalized spacial score (nSPS) is 25.6. The first-order valence-corrected chi connectivity index (χ1v) is 14.1. The van der Waals surface area contributed by atoms with E-state index in [2.05, 4.69) is 16.3 Å². The molecule has 2 aromatic carbocycles. The lowest BCUT2D eigenvalue weighted by atomic mass is 9.90. The van der Waals surface area contributed by atoms with Crippen molar-refractivity contribution in [2.75, 3.05) is 6.54 Å². The fourth-order valence-corrected chi connectivity index (χ4v) is 6.02. The third-order valence-corrected chi connectivity index (χ3v) is 8.49. The van der Waals surface area contributed by atoms with E-state index in [1.165, 1.54) is 5.56 Å². The molecule has 3 N–H and O–H groups in total. The minimum absolute atomic E-state index is 0.0373. The van der Waals surface area contributed by atoms with Gasteiger partial charge in [-0.3, -0.25) is 14.5 Å². The van der Waals surface area contributed by atoms with E-state index in [1.54, 1.807) is 4.90 Å². The van der Waals surface area contributed by atoms with Crippen LogP contribution < -0.4 is 11.1 Å². The van der Waals surface area contributed by atoms with Crippen LogP contribution >= 0.6 is 0 Å². The number of aryl methyl sites for hydroxylation is 1. The summed E-state index contributed by atoms with van der Waals surface area (Å²) in [5.74, 6) is -0.107. The van der Waals surface area contributed by atoms with Gasteiger partial charge in [0.15, 0.2) is 0 Å². The standard InChI is InChI=1S/C31H39N5O2/c1-21-2-8-24(9-3-21)31(38)35-17-16-28(18-29(35)30(37)34-26-12-10-25(33)11-13-26)36(27-14-15-27)20-23-6-4-22(19-32)5-7-23/h2-9,25-29H,10-18,20,33H2,1H3,(H,34,37)/t25?,26?,28?,29-/m1/s1. The molecule has 7 nitrogen and oxygen atoms in total. The monoisotopic (exact) mass is 513 g/mol. The topological polar surface area (TPSA) is 102 Å². The number of piperidine rings is 1. The van der Waals surface area contributed by atoms with Crippen molar-refractivity contribution in [2.45, 2.75) is 95.0 Å². The Bertz CT molecular complexity index is 1160. The van der Waals surface area contributed by atoms with Crippen LogP contribution in [-0.4, -0.2) is 58.4 Å². The molecule has 5 rings (SSSR count). The number of hydrogen-bond donors (Lipinski definition) is 2. The molecule has 1 saturated heterocycles. The van der Waals surface area contributed by atoms with Crippen molar-refractivity contribution in [3.8, 4) is 6.07 Å². The van der Waals surface area contributed by atoms with Crippen LogP contribution in [0.15, 0.2) is 48.5 Å². The minimum Gasteiger partial charge on any atom is -0.352 e. The van der Waals surface area contributed by atoms with Crippen LogP contribution in [-0.2, 0) is 11.3 Å². The summed E-state index contributed by atoms with van der Waals surface area (Å²) in [6, 6.07) is 18.2. The number of carbonyl (C=O) groups is 2. The lowest BCUT2D eigenvalue weighted by molar-refractivity contribution is -0.128. The Morgan fingerprint density at radius 3 is 2.29 bits per heavy atom. The highest BCUT2D eigenvalue weighted by Crippen LogP contribution is 2.35. The Hall–Kier alpha value is -3.21. The second-order valence-electron chi connectivity index (χ2n) is 11.4. The molecule has 0 spiro atoms. The Morgan fingerprint density at radius 1 is 0.974 bits per heavy atom. The summed E-state index contributed by atoms with van der Waals surface area (Å²) in [6.45, 7) is 3.36. The molecule has 200 valence electrons. The van der Waals surface area contributed by atoms with Crippen molar-refractivity contribution in [3.05, 3.63) is 70.8 Å². The average molecular weight is 514 g/mol. The van der Waals surface area contributed by atoms with Gasteiger partial charge in [0, 0.05) is 42.8 Å². The third kappa shape index (κ3) is 6.25. The van der Waals surface area contributed by atoms with Crippen molar-refractivity contribution >= 4 is 11.8 Å². The highest BCUT2D eigenvalue weighted by molar-refractivity contribution is 5.97. The van der Waals surface area contributed by atoms with Gasteiger partial charge in [0.2, 0.25) is 5.91 Å². The summed E-state index contributed by atoms with van der Waals surface area (Å²) in [5.41, 5.74) is 9.66. The number of likely N-dealkylation sites (tertiary alicyclic amines) is 1. The summed E-state index contributed by atoms with van der Waals surface area (Å²) < 4.78 is 0. The Kier molecular flexibility index (Phi) is 8.11. The van der Waals surface area contributed by atoms with Gasteiger partial charge in [-0.2, -0.15) is 5.26 Å². The molecule has 0 bridgehead atoms. The molecule has 2 amide bonds. The number of nitriles is 1. The van der Waals surface area contributed by atoms with Crippen LogP contribution in [0, 0.1) is 18.3 Å². The molecule has 1 aliphatic heterocycles. The van der Waals surface area contributed by atoms with Gasteiger partial charge in [-0.15, -0.1) is 0 Å². The smallest absolute Gasteiger partial charge is 0.254 e. The van der Waals surface area contributed by atoms with Crippen LogP contribution in [0.4, 0.5) is 0 Å². The summed E-state index contributed by atoms with van der Waals surface area (Å²) in [4.78, 5) is 31.7. The lowest BCUT2D eigenvalue weighted by Crippen LogP contribution is -2.58. The summed E-state index contributed by atoms with van der Waals surface area (Å²) >= 11 is 0. The maximum absolute atomic E-state index is 13.7. The van der Waals surface area contributed by atoms with E-state index in [9.17, 15) is 9.59 Å². The number of nitrogens with one attached hydrogen (secondary N) is 1. The lowest BCUT2D eigenvalue weighted by Gasteiger charge is -2.43. The van der Waals surface area contributed by atoms with Crippen LogP contribution in [0.3, 0.4) is 0 Å². The van der Waals surface area contributed by atoms with Gasteiger partial charge < -0.3 is 16.0 Å². The molecule has 3 fully saturated rings. The van der Waals surface area contributed by atoms with Crippen molar-refractivity contribution in [2.24, 2.45) is 5.73 Å². The highest BCUT2D eigenvalue weighted by Gasteiger charge is 2.42. The summed E-state index contributed by atoms with van der Waals surface area (Å²) in [7, 11) is 0. The zero-order chi connectivity index (χ0) is 26.6. The molecule has 38 heavy (non-hydrogen) atoms. The highest BCUT2D eigenvalue weighted by atomic mass is 16.2. The number of rotatable bonds is 7. The predicted octanol–water partition coefficient (Wildman–Crippen LogP) is 3.89. The maximum atomic E-state index is 13.7. The van der Waals surface area contributed by atoms with Crippen LogP contribution in [0.2, 0.25) is 0 Å². The molecule has 2 aliphatic carbocycles. The van der Waals surface area contributed by atoms with Crippen LogP contribution in [0.5, 0.6) is 0 Å². The first-order valence-electron chi connectivity index (χ1n) is 14.1. The number of nitrogens with zero attached hydrogens (tertiary/aromatic N) is 3. The van der Waals surface area contributed by atoms with E-state index in [1.807, 2.05) is 55.5 Å². The quantitative estimate of drug-likeness (QED) is 0.585. The summed E-state index contributed by atoms with van der Waals surface area (Å²) in [5, 5.41) is 12.4. The first-order chi connectivity index (χ1) is 18.4. The van der Waals surface area contributed by atoms with Crippen LogP contribution in [0.25, 0.3) is 0 Å². The van der Waals surface area contributed by atoms with E-state index < -0.39 is 6.04 Å². The Labute approximate surface area is 226 Å². The second kappa shape index (κ2) is 11.7. The molecular weight excluding hydrogens is 474 g/mol. The third-order valence-electron chi connectivity index (χ3n) is 8.49. The zero-order valence-corrected chi connectivity index (χ0v) is 22.3. The minimum atomic E-state index is -0.500. The number of amides is 2. The predicted molar refractivity (Wildman–Crippen MR) is 147 cm³/mol.